The highest BCUT2D eigenvalue weighted by atomic mass is 35.5. The molecule has 8 heteroatoms. The largest absolute Gasteiger partial charge is 0.318 e. The molecule has 1 fully saturated rings. The minimum absolute atomic E-state index is 0.111. The van der Waals surface area contributed by atoms with E-state index in [9.17, 15) is 4.79 Å². The van der Waals surface area contributed by atoms with Crippen molar-refractivity contribution in [3.8, 4) is 11.8 Å². The van der Waals surface area contributed by atoms with Gasteiger partial charge in [-0.1, -0.05) is 37.4 Å². The maximum absolute atomic E-state index is 12.1. The van der Waals surface area contributed by atoms with Gasteiger partial charge in [0.25, 0.3) is 5.56 Å². The summed E-state index contributed by atoms with van der Waals surface area (Å²) in [7, 11) is 3.90. The van der Waals surface area contributed by atoms with Gasteiger partial charge in [0.2, 0.25) is 5.95 Å². The van der Waals surface area contributed by atoms with E-state index >= 15 is 0 Å². The first-order valence-corrected chi connectivity index (χ1v) is 11.8. The fourth-order valence-corrected chi connectivity index (χ4v) is 4.18. The van der Waals surface area contributed by atoms with Crippen molar-refractivity contribution in [1.29, 1.82) is 0 Å². The van der Waals surface area contributed by atoms with Gasteiger partial charge in [-0.05, 0) is 67.9 Å². The zero-order chi connectivity index (χ0) is 24.2. The molecule has 0 radical (unpaired) electrons. The number of nitrogens with zero attached hydrogens (tertiary/aromatic N) is 5. The number of likely N-dealkylation sites (tertiary alicyclic amines) is 1. The molecule has 7 nitrogen and oxygen atoms in total. The van der Waals surface area contributed by atoms with Crippen molar-refractivity contribution in [2.45, 2.75) is 38.5 Å². The van der Waals surface area contributed by atoms with Crippen LogP contribution in [0.25, 0.3) is 0 Å². The summed E-state index contributed by atoms with van der Waals surface area (Å²) in [5, 5.41) is 3.48. The maximum Gasteiger partial charge on any atom is 0.251 e. The molecule has 4 rings (SSSR count). The molecule has 3 aromatic rings. The number of halogens is 1. The lowest BCUT2D eigenvalue weighted by Gasteiger charge is -2.29. The second kappa shape index (κ2) is 10.4. The molecule has 0 saturated carbocycles. The van der Waals surface area contributed by atoms with Crippen molar-refractivity contribution < 1.29 is 0 Å². The molecule has 176 valence electrons. The van der Waals surface area contributed by atoms with Crippen molar-refractivity contribution in [3.63, 3.8) is 0 Å². The molecular weight excluding hydrogens is 448 g/mol. The predicted molar refractivity (Wildman–Crippen MR) is 136 cm³/mol. The van der Waals surface area contributed by atoms with Gasteiger partial charge in [0.15, 0.2) is 0 Å². The first kappa shape index (κ1) is 23.9. The normalized spacial score (nSPS) is 14.6. The van der Waals surface area contributed by atoms with Crippen LogP contribution in [0.2, 0.25) is 5.02 Å². The smallest absolute Gasteiger partial charge is 0.251 e. The van der Waals surface area contributed by atoms with Gasteiger partial charge in [0.05, 0.1) is 11.2 Å². The Morgan fingerprint density at radius 1 is 1.12 bits per heavy atom. The summed E-state index contributed by atoms with van der Waals surface area (Å²) >= 11 is 6.30. The van der Waals surface area contributed by atoms with E-state index < -0.39 is 0 Å². The number of piperidine rings is 1. The van der Waals surface area contributed by atoms with Crippen LogP contribution in [0, 0.1) is 11.8 Å². The summed E-state index contributed by atoms with van der Waals surface area (Å²) in [6, 6.07) is 5.61. The second-order valence-electron chi connectivity index (χ2n) is 9.07. The van der Waals surface area contributed by atoms with Crippen molar-refractivity contribution in [2.75, 3.05) is 25.5 Å². The number of rotatable bonds is 4. The number of anilines is 2. The Morgan fingerprint density at radius 2 is 1.88 bits per heavy atom. The Hall–Kier alpha value is -3.21. The molecular formula is C26H29ClN6O. The Morgan fingerprint density at radius 3 is 2.56 bits per heavy atom. The van der Waals surface area contributed by atoms with Gasteiger partial charge in [-0.3, -0.25) is 4.79 Å². The SMILES string of the molecule is CC(C)c1cn(C)c(=O)cc1C#Cc1nc(Nc2ccc(C3CCN(C)CC3)cn2)ncc1Cl. The first-order valence-electron chi connectivity index (χ1n) is 11.5. The summed E-state index contributed by atoms with van der Waals surface area (Å²) < 4.78 is 1.56. The Labute approximate surface area is 205 Å². The highest BCUT2D eigenvalue weighted by molar-refractivity contribution is 6.31. The van der Waals surface area contributed by atoms with Crippen LogP contribution in [0.5, 0.6) is 0 Å². The van der Waals surface area contributed by atoms with E-state index in [-0.39, 0.29) is 11.5 Å². The molecule has 0 amide bonds. The highest BCUT2D eigenvalue weighted by Crippen LogP contribution is 2.27. The summed E-state index contributed by atoms with van der Waals surface area (Å²) in [4.78, 5) is 27.7. The highest BCUT2D eigenvalue weighted by Gasteiger charge is 2.18. The van der Waals surface area contributed by atoms with Gasteiger partial charge in [-0.25, -0.2) is 15.0 Å². The number of hydrogen-bond donors (Lipinski definition) is 1. The minimum atomic E-state index is -0.111. The van der Waals surface area contributed by atoms with E-state index in [4.69, 9.17) is 11.6 Å². The lowest BCUT2D eigenvalue weighted by atomic mass is 9.91. The number of aromatic nitrogens is 4. The average molecular weight is 477 g/mol. The van der Waals surface area contributed by atoms with Crippen molar-refractivity contribution in [3.05, 3.63) is 74.6 Å². The maximum atomic E-state index is 12.1. The standard InChI is InChI=1S/C26H29ClN6O/c1-17(2)21-16-33(4)25(34)13-19(21)5-7-23-22(27)15-29-26(30-23)31-24-8-6-20(14-28-24)18-9-11-32(3)12-10-18/h6,8,13-18H,9-12H2,1-4H3,(H,28,29,30,31). The van der Waals surface area contributed by atoms with Crippen LogP contribution in [0.4, 0.5) is 11.8 Å². The van der Waals surface area contributed by atoms with Crippen molar-refractivity contribution >= 4 is 23.4 Å². The van der Waals surface area contributed by atoms with E-state index in [0.717, 1.165) is 31.5 Å². The van der Waals surface area contributed by atoms with Gasteiger partial charge in [0.1, 0.15) is 11.5 Å². The number of hydrogen-bond acceptors (Lipinski definition) is 6. The summed E-state index contributed by atoms with van der Waals surface area (Å²) in [5.41, 5.74) is 3.20. The third kappa shape index (κ3) is 5.64. The Balaban J connectivity index is 1.53. The quantitative estimate of drug-likeness (QED) is 0.566. The Bertz CT molecular complexity index is 1280. The summed E-state index contributed by atoms with van der Waals surface area (Å²) in [5.74, 6) is 7.87. The number of pyridine rings is 2. The van der Waals surface area contributed by atoms with Crippen LogP contribution < -0.4 is 10.9 Å². The van der Waals surface area contributed by atoms with E-state index in [1.54, 1.807) is 17.7 Å². The van der Waals surface area contributed by atoms with E-state index in [0.29, 0.717) is 34.0 Å². The van der Waals surface area contributed by atoms with Crippen LogP contribution >= 0.6 is 11.6 Å². The number of aryl methyl sites for hydroxylation is 1. The first-order chi connectivity index (χ1) is 16.3. The monoisotopic (exact) mass is 476 g/mol. The molecule has 0 bridgehead atoms. The molecule has 34 heavy (non-hydrogen) atoms. The minimum Gasteiger partial charge on any atom is -0.318 e. The van der Waals surface area contributed by atoms with E-state index in [1.807, 2.05) is 18.5 Å². The molecule has 1 aliphatic rings. The zero-order valence-electron chi connectivity index (χ0n) is 20.0. The molecule has 1 N–H and O–H groups in total. The Kier molecular flexibility index (Phi) is 7.30. The van der Waals surface area contributed by atoms with Crippen LogP contribution in [-0.2, 0) is 7.05 Å². The van der Waals surface area contributed by atoms with Gasteiger partial charge in [0, 0.05) is 31.1 Å². The lowest BCUT2D eigenvalue weighted by molar-refractivity contribution is 0.255. The molecule has 1 saturated heterocycles. The van der Waals surface area contributed by atoms with Crippen molar-refractivity contribution in [1.82, 2.24) is 24.4 Å². The molecule has 4 heterocycles. The molecule has 0 atom stereocenters. The summed E-state index contributed by atoms with van der Waals surface area (Å²) in [6.07, 6.45) is 7.57. The summed E-state index contributed by atoms with van der Waals surface area (Å²) in [6.45, 7) is 6.36. The number of nitrogens with one attached hydrogen (secondary N) is 1. The van der Waals surface area contributed by atoms with Gasteiger partial charge >= 0.3 is 0 Å². The fraction of sp³-hybridized carbons (Fsp3) is 0.385. The van der Waals surface area contributed by atoms with Gasteiger partial charge in [-0.2, -0.15) is 0 Å². The van der Waals surface area contributed by atoms with Gasteiger partial charge in [-0.15, -0.1) is 0 Å². The van der Waals surface area contributed by atoms with Gasteiger partial charge < -0.3 is 14.8 Å². The molecule has 0 spiro atoms. The van der Waals surface area contributed by atoms with E-state index in [1.165, 1.54) is 11.8 Å². The predicted octanol–water partition coefficient (Wildman–Crippen LogP) is 4.30. The third-order valence-electron chi connectivity index (χ3n) is 6.16. The topological polar surface area (TPSA) is 75.9 Å². The average Bonchev–Trinajstić information content (AvgIpc) is 2.82. The van der Waals surface area contributed by atoms with E-state index in [2.05, 4.69) is 64.0 Å². The van der Waals surface area contributed by atoms with Crippen LogP contribution in [0.3, 0.4) is 0 Å². The van der Waals surface area contributed by atoms with Crippen LogP contribution in [0.1, 0.15) is 60.9 Å². The van der Waals surface area contributed by atoms with Crippen LogP contribution in [-0.4, -0.2) is 44.6 Å². The fourth-order valence-electron chi connectivity index (χ4n) is 4.04. The third-order valence-corrected chi connectivity index (χ3v) is 6.43. The van der Waals surface area contributed by atoms with Crippen LogP contribution in [0.15, 0.2) is 41.6 Å². The second-order valence-corrected chi connectivity index (χ2v) is 9.47. The van der Waals surface area contributed by atoms with Crippen molar-refractivity contribution in [2.24, 2.45) is 7.05 Å². The molecule has 0 aromatic carbocycles. The molecule has 0 aliphatic carbocycles. The molecule has 3 aromatic heterocycles. The lowest BCUT2D eigenvalue weighted by Crippen LogP contribution is -2.29. The molecule has 0 unspecified atom stereocenters. The molecule has 1 aliphatic heterocycles. The zero-order valence-corrected chi connectivity index (χ0v) is 20.7.